The highest BCUT2D eigenvalue weighted by Crippen LogP contribution is 2.32. The van der Waals surface area contributed by atoms with Crippen LogP contribution in [0.3, 0.4) is 0 Å². The van der Waals surface area contributed by atoms with E-state index in [4.69, 9.17) is 9.47 Å². The van der Waals surface area contributed by atoms with Crippen LogP contribution in [0, 0.1) is 6.92 Å². The molecule has 6 heteroatoms. The zero-order valence-corrected chi connectivity index (χ0v) is 17.2. The molecule has 27 heavy (non-hydrogen) atoms. The molecule has 0 aliphatic carbocycles. The van der Waals surface area contributed by atoms with Crippen LogP contribution < -0.4 is 9.47 Å². The van der Waals surface area contributed by atoms with Crippen LogP contribution in [0.5, 0.6) is 17.2 Å². The highest BCUT2D eigenvalue weighted by Gasteiger charge is 2.27. The van der Waals surface area contributed by atoms with Crippen LogP contribution in [-0.4, -0.2) is 41.7 Å². The quantitative estimate of drug-likeness (QED) is 0.751. The number of amides is 1. The molecule has 1 heterocycles. The maximum Gasteiger partial charge on any atom is 0.257 e. The van der Waals surface area contributed by atoms with Crippen molar-refractivity contribution >= 4 is 21.8 Å². The van der Waals surface area contributed by atoms with Crippen LogP contribution in [0.1, 0.15) is 35.7 Å². The number of phenolic OH excluding ortho intramolecular Hbond substituents is 1. The van der Waals surface area contributed by atoms with Gasteiger partial charge in [-0.2, -0.15) is 0 Å². The normalized spacial score (nSPS) is 14.9. The van der Waals surface area contributed by atoms with Gasteiger partial charge in [-0.3, -0.25) is 4.79 Å². The third kappa shape index (κ3) is 4.56. The van der Waals surface area contributed by atoms with E-state index in [0.29, 0.717) is 29.7 Å². The van der Waals surface area contributed by atoms with Gasteiger partial charge in [0.25, 0.3) is 5.91 Å². The van der Waals surface area contributed by atoms with Crippen LogP contribution in [0.25, 0.3) is 0 Å². The molecule has 3 rings (SSSR count). The number of hydrogen-bond acceptors (Lipinski definition) is 4. The number of hydrogen-bond donors (Lipinski definition) is 1. The number of nitrogens with zero attached hydrogens (tertiary/aromatic N) is 1. The van der Waals surface area contributed by atoms with Crippen molar-refractivity contribution < 1.29 is 19.4 Å². The number of phenols is 1. The van der Waals surface area contributed by atoms with Gasteiger partial charge in [0.1, 0.15) is 11.9 Å². The van der Waals surface area contributed by atoms with Crippen LogP contribution in [-0.2, 0) is 0 Å². The number of likely N-dealkylation sites (tertiary alicyclic amines) is 1. The molecule has 2 aromatic carbocycles. The molecule has 0 radical (unpaired) electrons. The van der Waals surface area contributed by atoms with E-state index in [2.05, 4.69) is 15.9 Å². The summed E-state index contributed by atoms with van der Waals surface area (Å²) in [7, 11) is 0. The Morgan fingerprint density at radius 2 is 1.89 bits per heavy atom. The summed E-state index contributed by atoms with van der Waals surface area (Å²) in [5, 5.41) is 10.2. The molecule has 1 aliphatic heterocycles. The highest BCUT2D eigenvalue weighted by atomic mass is 79.9. The number of ether oxygens (including phenoxy) is 2. The summed E-state index contributed by atoms with van der Waals surface area (Å²) in [4.78, 5) is 14.6. The van der Waals surface area contributed by atoms with Gasteiger partial charge in [0, 0.05) is 25.9 Å². The minimum Gasteiger partial charge on any atom is -0.506 e. The van der Waals surface area contributed by atoms with Crippen molar-refractivity contribution in [2.24, 2.45) is 0 Å². The summed E-state index contributed by atoms with van der Waals surface area (Å²) in [6.45, 7) is 5.61. The van der Waals surface area contributed by atoms with Crippen LogP contribution in [0.4, 0.5) is 0 Å². The van der Waals surface area contributed by atoms with Gasteiger partial charge in [-0.25, -0.2) is 0 Å². The van der Waals surface area contributed by atoms with Gasteiger partial charge >= 0.3 is 0 Å². The first kappa shape index (κ1) is 19.5. The molecule has 1 saturated heterocycles. The minimum atomic E-state index is -0.148. The lowest BCUT2D eigenvalue weighted by Gasteiger charge is -2.32. The van der Waals surface area contributed by atoms with E-state index in [-0.39, 0.29) is 17.8 Å². The molecule has 0 bridgehead atoms. The molecule has 144 valence electrons. The Balaban J connectivity index is 1.63. The molecule has 0 saturated carbocycles. The molecule has 0 atom stereocenters. The van der Waals surface area contributed by atoms with E-state index in [1.807, 2.05) is 38.1 Å². The summed E-state index contributed by atoms with van der Waals surface area (Å²) in [5.41, 5.74) is 1.26. The van der Waals surface area contributed by atoms with Gasteiger partial charge in [0.05, 0.1) is 16.6 Å². The molecule has 5 nitrogen and oxygen atoms in total. The van der Waals surface area contributed by atoms with E-state index in [0.717, 1.165) is 29.9 Å². The fraction of sp³-hybridized carbons (Fsp3) is 0.381. The number of carbonyl (C=O) groups excluding carboxylic acids is 1. The van der Waals surface area contributed by atoms with Gasteiger partial charge in [-0.05, 0) is 59.6 Å². The van der Waals surface area contributed by atoms with Crippen molar-refractivity contribution in [2.45, 2.75) is 32.8 Å². The third-order valence-electron chi connectivity index (χ3n) is 4.61. The average molecular weight is 434 g/mol. The van der Waals surface area contributed by atoms with Crippen LogP contribution in [0.15, 0.2) is 40.9 Å². The number of halogens is 1. The first-order chi connectivity index (χ1) is 13.0. The van der Waals surface area contributed by atoms with Gasteiger partial charge in [0.2, 0.25) is 0 Å². The fourth-order valence-corrected chi connectivity index (χ4v) is 3.82. The van der Waals surface area contributed by atoms with Crippen molar-refractivity contribution in [1.82, 2.24) is 4.90 Å². The Hall–Kier alpha value is -2.21. The Kier molecular flexibility index (Phi) is 6.26. The first-order valence-electron chi connectivity index (χ1n) is 9.16. The van der Waals surface area contributed by atoms with Gasteiger partial charge in [-0.1, -0.05) is 12.1 Å². The molecule has 1 fully saturated rings. The maximum absolute atomic E-state index is 12.8. The van der Waals surface area contributed by atoms with Crippen LogP contribution >= 0.6 is 15.9 Å². The van der Waals surface area contributed by atoms with Gasteiger partial charge in [-0.15, -0.1) is 0 Å². The second-order valence-electron chi connectivity index (χ2n) is 6.63. The summed E-state index contributed by atoms with van der Waals surface area (Å²) in [6, 6.07) is 11.2. The highest BCUT2D eigenvalue weighted by molar-refractivity contribution is 9.10. The van der Waals surface area contributed by atoms with Crippen molar-refractivity contribution in [3.05, 3.63) is 52.0 Å². The minimum absolute atomic E-state index is 0.00499. The molecular weight excluding hydrogens is 410 g/mol. The Labute approximate surface area is 168 Å². The molecule has 0 spiro atoms. The predicted molar refractivity (Wildman–Crippen MR) is 108 cm³/mol. The lowest BCUT2D eigenvalue weighted by Crippen LogP contribution is -2.41. The largest absolute Gasteiger partial charge is 0.506 e. The molecule has 1 amide bonds. The van der Waals surface area contributed by atoms with E-state index < -0.39 is 0 Å². The number of rotatable bonds is 5. The molecule has 1 N–H and O–H groups in total. The first-order valence-corrected chi connectivity index (χ1v) is 9.95. The summed E-state index contributed by atoms with van der Waals surface area (Å²) in [5.74, 6) is 1.33. The SMILES string of the molecule is CCOc1ccccc1OC1CCN(C(=O)c2cc(C)cc(Br)c2O)CC1. The maximum atomic E-state index is 12.8. The molecule has 0 unspecified atom stereocenters. The number of aromatic hydroxyl groups is 1. The third-order valence-corrected chi connectivity index (χ3v) is 5.21. The Bertz CT molecular complexity index is 816. The summed E-state index contributed by atoms with van der Waals surface area (Å²) in [6.07, 6.45) is 1.51. The van der Waals surface area contributed by atoms with Crippen molar-refractivity contribution in [1.29, 1.82) is 0 Å². The van der Waals surface area contributed by atoms with E-state index in [9.17, 15) is 9.90 Å². The zero-order valence-electron chi connectivity index (χ0n) is 15.6. The Morgan fingerprint density at radius 3 is 2.56 bits per heavy atom. The second kappa shape index (κ2) is 8.65. The predicted octanol–water partition coefficient (Wildman–Crippen LogP) is 4.55. The smallest absolute Gasteiger partial charge is 0.257 e. The monoisotopic (exact) mass is 433 g/mol. The van der Waals surface area contributed by atoms with Crippen LogP contribution in [0.2, 0.25) is 0 Å². The lowest BCUT2D eigenvalue weighted by atomic mass is 10.0. The van der Waals surface area contributed by atoms with Crippen molar-refractivity contribution in [2.75, 3.05) is 19.7 Å². The average Bonchev–Trinajstić information content (AvgIpc) is 2.66. The number of carbonyl (C=O) groups is 1. The molecule has 1 aliphatic rings. The van der Waals surface area contributed by atoms with Crippen molar-refractivity contribution in [3.63, 3.8) is 0 Å². The zero-order chi connectivity index (χ0) is 19.4. The number of aryl methyl sites for hydroxylation is 1. The van der Waals surface area contributed by atoms with Gasteiger partial charge < -0.3 is 19.5 Å². The lowest BCUT2D eigenvalue weighted by molar-refractivity contribution is 0.0586. The van der Waals surface area contributed by atoms with E-state index in [1.165, 1.54) is 0 Å². The van der Waals surface area contributed by atoms with E-state index >= 15 is 0 Å². The van der Waals surface area contributed by atoms with Crippen molar-refractivity contribution in [3.8, 4) is 17.2 Å². The summed E-state index contributed by atoms with van der Waals surface area (Å²) < 4.78 is 12.3. The molecule has 0 aromatic heterocycles. The van der Waals surface area contributed by atoms with E-state index in [1.54, 1.807) is 17.0 Å². The standard InChI is InChI=1S/C21H24BrNO4/c1-3-26-18-6-4-5-7-19(18)27-15-8-10-23(11-9-15)21(25)16-12-14(2)13-17(22)20(16)24/h4-7,12-13,15,24H,3,8-11H2,1-2H3. The number of para-hydroxylation sites is 2. The molecular formula is C21H24BrNO4. The topological polar surface area (TPSA) is 59.0 Å². The number of benzene rings is 2. The summed E-state index contributed by atoms with van der Waals surface area (Å²) >= 11 is 3.30. The Morgan fingerprint density at radius 1 is 1.22 bits per heavy atom. The number of piperidine rings is 1. The second-order valence-corrected chi connectivity index (χ2v) is 7.49. The molecule has 2 aromatic rings. The fourth-order valence-electron chi connectivity index (χ4n) is 3.25. The van der Waals surface area contributed by atoms with Gasteiger partial charge in [0.15, 0.2) is 11.5 Å².